The first-order chi connectivity index (χ1) is 16.4. The topological polar surface area (TPSA) is 96.5 Å². The number of esters is 1. The molecule has 9 nitrogen and oxygen atoms in total. The highest BCUT2D eigenvalue weighted by Gasteiger charge is 2.61. The Bertz CT molecular complexity index is 987. The summed E-state index contributed by atoms with van der Waals surface area (Å²) in [6.45, 7) is 4.57. The standard InChI is InChI=1S/C25H31N3O6/c1-4-21(29)28-15-14-27(24(32)25(28)11-12-25)20(16-17-7-9-18(33-2)10-8-17)22(30)26-13-5-6-19(26)23(31)34-3/h4,7-10,19-20H,1,5-6,11-16H2,2-3H3/t19-,20-/m0/s1. The van der Waals surface area contributed by atoms with Crippen molar-refractivity contribution in [3.05, 3.63) is 42.5 Å². The number of likely N-dealkylation sites (tertiary alicyclic amines) is 1. The Morgan fingerprint density at radius 2 is 1.85 bits per heavy atom. The molecule has 0 bridgehead atoms. The van der Waals surface area contributed by atoms with E-state index < -0.39 is 23.6 Å². The number of rotatable bonds is 7. The van der Waals surface area contributed by atoms with Gasteiger partial charge in [0.15, 0.2) is 0 Å². The lowest BCUT2D eigenvalue weighted by atomic mass is 9.99. The van der Waals surface area contributed by atoms with Crippen LogP contribution in [0.1, 0.15) is 31.2 Å². The van der Waals surface area contributed by atoms with Gasteiger partial charge in [-0.3, -0.25) is 14.4 Å². The SMILES string of the molecule is C=CC(=O)N1CCN([C@@H](Cc2ccc(OC)cc2)C(=O)N2CCC[C@H]2C(=O)OC)C(=O)C12CC2. The van der Waals surface area contributed by atoms with Crippen LogP contribution < -0.4 is 4.74 Å². The van der Waals surface area contributed by atoms with Gasteiger partial charge in [-0.05, 0) is 49.5 Å². The molecule has 1 aliphatic carbocycles. The average molecular weight is 470 g/mol. The van der Waals surface area contributed by atoms with E-state index in [9.17, 15) is 19.2 Å². The quantitative estimate of drug-likeness (QED) is 0.439. The van der Waals surface area contributed by atoms with Crippen molar-refractivity contribution in [3.8, 4) is 5.75 Å². The second kappa shape index (κ2) is 9.48. The van der Waals surface area contributed by atoms with Crippen molar-refractivity contribution in [2.75, 3.05) is 33.9 Å². The Kier molecular flexibility index (Phi) is 6.63. The van der Waals surface area contributed by atoms with Crippen molar-refractivity contribution in [2.45, 2.75) is 49.7 Å². The molecule has 3 aliphatic rings. The highest BCUT2D eigenvalue weighted by atomic mass is 16.5. The summed E-state index contributed by atoms with van der Waals surface area (Å²) in [6.07, 6.45) is 3.89. The van der Waals surface area contributed by atoms with E-state index in [-0.39, 0.29) is 24.3 Å². The molecule has 1 aromatic rings. The van der Waals surface area contributed by atoms with Crippen molar-refractivity contribution < 1.29 is 28.7 Å². The van der Waals surface area contributed by atoms with Gasteiger partial charge >= 0.3 is 5.97 Å². The van der Waals surface area contributed by atoms with Crippen molar-refractivity contribution in [2.24, 2.45) is 0 Å². The zero-order valence-electron chi connectivity index (χ0n) is 19.7. The molecule has 34 heavy (non-hydrogen) atoms. The maximum absolute atomic E-state index is 13.9. The predicted molar refractivity (Wildman–Crippen MR) is 123 cm³/mol. The lowest BCUT2D eigenvalue weighted by Crippen LogP contribution is -2.65. The van der Waals surface area contributed by atoms with Crippen LogP contribution in [0.4, 0.5) is 0 Å². The Morgan fingerprint density at radius 3 is 2.44 bits per heavy atom. The van der Waals surface area contributed by atoms with Crippen LogP contribution in [0.3, 0.4) is 0 Å². The molecule has 4 rings (SSSR count). The normalized spacial score (nSPS) is 21.9. The molecule has 2 saturated heterocycles. The summed E-state index contributed by atoms with van der Waals surface area (Å²) in [5, 5.41) is 0. The molecule has 1 saturated carbocycles. The molecule has 9 heteroatoms. The lowest BCUT2D eigenvalue weighted by molar-refractivity contribution is -0.160. The van der Waals surface area contributed by atoms with Gasteiger partial charge in [-0.25, -0.2) is 4.79 Å². The van der Waals surface area contributed by atoms with Gasteiger partial charge in [-0.2, -0.15) is 0 Å². The molecule has 1 aromatic carbocycles. The van der Waals surface area contributed by atoms with E-state index in [0.717, 1.165) is 5.56 Å². The van der Waals surface area contributed by atoms with E-state index in [1.807, 2.05) is 24.3 Å². The van der Waals surface area contributed by atoms with Gasteiger partial charge in [0, 0.05) is 26.1 Å². The van der Waals surface area contributed by atoms with Gasteiger partial charge in [0.05, 0.1) is 14.2 Å². The maximum atomic E-state index is 13.9. The number of amides is 3. The minimum absolute atomic E-state index is 0.213. The van der Waals surface area contributed by atoms with Crippen LogP contribution in [0.5, 0.6) is 5.75 Å². The van der Waals surface area contributed by atoms with E-state index in [4.69, 9.17) is 9.47 Å². The fourth-order valence-electron chi connectivity index (χ4n) is 5.16. The summed E-state index contributed by atoms with van der Waals surface area (Å²) in [7, 11) is 2.90. The van der Waals surface area contributed by atoms with Gasteiger partial charge in [-0.15, -0.1) is 0 Å². The largest absolute Gasteiger partial charge is 0.497 e. The second-order valence-corrected chi connectivity index (χ2v) is 9.00. The van der Waals surface area contributed by atoms with E-state index in [2.05, 4.69) is 6.58 Å². The molecule has 182 valence electrons. The Morgan fingerprint density at radius 1 is 1.15 bits per heavy atom. The van der Waals surface area contributed by atoms with Gasteiger partial charge in [0.1, 0.15) is 23.4 Å². The first-order valence-electron chi connectivity index (χ1n) is 11.6. The van der Waals surface area contributed by atoms with E-state index in [1.54, 1.807) is 21.8 Å². The highest BCUT2D eigenvalue weighted by molar-refractivity contribution is 6.00. The number of carbonyl (C=O) groups is 4. The lowest BCUT2D eigenvalue weighted by Gasteiger charge is -2.44. The molecular weight excluding hydrogens is 438 g/mol. The second-order valence-electron chi connectivity index (χ2n) is 9.00. The summed E-state index contributed by atoms with van der Waals surface area (Å²) in [4.78, 5) is 57.0. The van der Waals surface area contributed by atoms with Gasteiger partial charge in [0.2, 0.25) is 17.7 Å². The number of ether oxygens (including phenoxy) is 2. The van der Waals surface area contributed by atoms with Crippen molar-refractivity contribution in [1.29, 1.82) is 0 Å². The molecule has 3 amide bonds. The third-order valence-corrected chi connectivity index (χ3v) is 7.16. The molecule has 1 spiro atoms. The number of carbonyl (C=O) groups excluding carboxylic acids is 4. The molecule has 2 aliphatic heterocycles. The number of hydrogen-bond acceptors (Lipinski definition) is 6. The molecule has 2 heterocycles. The Balaban J connectivity index is 1.64. The fourth-order valence-corrected chi connectivity index (χ4v) is 5.16. The Hall–Kier alpha value is -3.36. The van der Waals surface area contributed by atoms with Crippen LogP contribution in [0, 0.1) is 0 Å². The monoisotopic (exact) mass is 469 g/mol. The summed E-state index contributed by atoms with van der Waals surface area (Å²) in [5.74, 6) is -0.498. The summed E-state index contributed by atoms with van der Waals surface area (Å²) in [6, 6.07) is 5.93. The molecular formula is C25H31N3O6. The number of benzene rings is 1. The fraction of sp³-hybridized carbons (Fsp3) is 0.520. The summed E-state index contributed by atoms with van der Waals surface area (Å²) >= 11 is 0. The predicted octanol–water partition coefficient (Wildman–Crippen LogP) is 1.16. The van der Waals surface area contributed by atoms with Crippen LogP contribution in [-0.2, 0) is 30.3 Å². The Labute approximate surface area is 199 Å². The minimum Gasteiger partial charge on any atom is -0.497 e. The van der Waals surface area contributed by atoms with Crippen molar-refractivity contribution in [1.82, 2.24) is 14.7 Å². The van der Waals surface area contributed by atoms with Crippen LogP contribution in [0.15, 0.2) is 36.9 Å². The molecule has 0 unspecified atom stereocenters. The highest BCUT2D eigenvalue weighted by Crippen LogP contribution is 2.46. The van der Waals surface area contributed by atoms with Crippen LogP contribution >= 0.6 is 0 Å². The minimum atomic E-state index is -0.894. The first-order valence-corrected chi connectivity index (χ1v) is 11.6. The number of nitrogens with zero attached hydrogens (tertiary/aromatic N) is 3. The first kappa shape index (κ1) is 23.8. The van der Waals surface area contributed by atoms with Gasteiger partial charge < -0.3 is 24.2 Å². The van der Waals surface area contributed by atoms with Crippen molar-refractivity contribution in [3.63, 3.8) is 0 Å². The van der Waals surface area contributed by atoms with Gasteiger partial charge in [0.25, 0.3) is 0 Å². The molecule has 2 atom stereocenters. The summed E-state index contributed by atoms with van der Waals surface area (Å²) in [5.41, 5.74) is -0.0236. The number of methoxy groups -OCH3 is 2. The van der Waals surface area contributed by atoms with Crippen molar-refractivity contribution >= 4 is 23.7 Å². The number of hydrogen-bond donors (Lipinski definition) is 0. The molecule has 0 radical (unpaired) electrons. The maximum Gasteiger partial charge on any atom is 0.328 e. The third-order valence-electron chi connectivity index (χ3n) is 7.16. The third kappa shape index (κ3) is 4.15. The van der Waals surface area contributed by atoms with Crippen LogP contribution in [-0.4, -0.2) is 89.9 Å². The smallest absolute Gasteiger partial charge is 0.328 e. The van der Waals surface area contributed by atoms with Crippen LogP contribution in [0.2, 0.25) is 0 Å². The average Bonchev–Trinajstić information content (AvgIpc) is 3.49. The number of piperazine rings is 1. The van der Waals surface area contributed by atoms with Gasteiger partial charge in [-0.1, -0.05) is 18.7 Å². The zero-order valence-corrected chi connectivity index (χ0v) is 19.7. The van der Waals surface area contributed by atoms with E-state index >= 15 is 0 Å². The van der Waals surface area contributed by atoms with E-state index in [1.165, 1.54) is 13.2 Å². The zero-order chi connectivity index (χ0) is 24.5. The summed E-state index contributed by atoms with van der Waals surface area (Å²) < 4.78 is 10.2. The van der Waals surface area contributed by atoms with E-state index in [0.29, 0.717) is 50.9 Å². The van der Waals surface area contributed by atoms with Crippen LogP contribution in [0.25, 0.3) is 0 Å². The molecule has 0 aromatic heterocycles. The molecule has 3 fully saturated rings. The molecule has 0 N–H and O–H groups in total.